The Morgan fingerprint density at radius 1 is 1.00 bits per heavy atom. The molecule has 0 aliphatic heterocycles. The first-order valence-corrected chi connectivity index (χ1v) is 5.58. The topological polar surface area (TPSA) is 69.7 Å². The Kier molecular flexibility index (Phi) is 3.21. The molecule has 98 valence electrons. The summed E-state index contributed by atoms with van der Waals surface area (Å²) in [4.78, 5) is 35.5. The number of ether oxygens (including phenoxy) is 2. The molecule has 0 saturated heterocycles. The van der Waals surface area contributed by atoms with E-state index in [1.165, 1.54) is 33.3 Å². The molecule has 0 amide bonds. The highest BCUT2D eigenvalue weighted by Crippen LogP contribution is 2.37. The summed E-state index contributed by atoms with van der Waals surface area (Å²) < 4.78 is 10.2. The van der Waals surface area contributed by atoms with Crippen LogP contribution in [0.3, 0.4) is 0 Å². The Hall–Kier alpha value is -2.43. The predicted molar refractivity (Wildman–Crippen MR) is 67.4 cm³/mol. The number of fused-ring (bicyclic) bond motifs is 1. The Morgan fingerprint density at radius 2 is 1.58 bits per heavy atom. The highest BCUT2D eigenvalue weighted by molar-refractivity contribution is 6.25. The maximum Gasteiger partial charge on any atom is 0.190 e. The Morgan fingerprint density at radius 3 is 2.05 bits per heavy atom. The van der Waals surface area contributed by atoms with E-state index in [1.54, 1.807) is 0 Å². The number of carbonyl (C=O) groups is 3. The smallest absolute Gasteiger partial charge is 0.190 e. The van der Waals surface area contributed by atoms with Gasteiger partial charge in [0, 0.05) is 0 Å². The van der Waals surface area contributed by atoms with Crippen molar-refractivity contribution in [2.45, 2.75) is 6.92 Å². The summed E-state index contributed by atoms with van der Waals surface area (Å²) in [6.45, 7) is 1.36. The molecule has 0 bridgehead atoms. The zero-order chi connectivity index (χ0) is 14.2. The van der Waals surface area contributed by atoms with Crippen molar-refractivity contribution in [3.63, 3.8) is 0 Å². The van der Waals surface area contributed by atoms with Crippen LogP contribution in [0.2, 0.25) is 0 Å². The first-order valence-electron chi connectivity index (χ1n) is 5.58. The summed E-state index contributed by atoms with van der Waals surface area (Å²) in [5.41, 5.74) is 0.436. The minimum absolute atomic E-state index is 0.0829. The molecule has 0 radical (unpaired) electrons. The molecule has 0 saturated carbocycles. The molecule has 0 aromatic heterocycles. The summed E-state index contributed by atoms with van der Waals surface area (Å²) in [5.74, 6) is -0.685. The van der Waals surface area contributed by atoms with Crippen molar-refractivity contribution < 1.29 is 23.9 Å². The summed E-state index contributed by atoms with van der Waals surface area (Å²) >= 11 is 0. The maximum atomic E-state index is 12.0. The lowest BCUT2D eigenvalue weighted by Crippen LogP contribution is -2.17. The third-order valence-corrected chi connectivity index (χ3v) is 2.93. The SMILES string of the molecule is COc1cc(C(C)=O)c(OC)c2c1C(=O)C=CC2=O. The minimum atomic E-state index is -0.382. The second-order valence-corrected chi connectivity index (χ2v) is 4.03. The van der Waals surface area contributed by atoms with Gasteiger partial charge >= 0.3 is 0 Å². The molecule has 0 N–H and O–H groups in total. The molecule has 0 fully saturated rings. The molecule has 0 spiro atoms. The van der Waals surface area contributed by atoms with Gasteiger partial charge in [0.15, 0.2) is 17.3 Å². The van der Waals surface area contributed by atoms with E-state index in [0.717, 1.165) is 6.08 Å². The number of methoxy groups -OCH3 is 2. The van der Waals surface area contributed by atoms with E-state index in [0.29, 0.717) is 0 Å². The number of ketones is 3. The second-order valence-electron chi connectivity index (χ2n) is 4.03. The van der Waals surface area contributed by atoms with Crippen molar-refractivity contribution in [1.29, 1.82) is 0 Å². The van der Waals surface area contributed by atoms with Crippen LogP contribution in [0.5, 0.6) is 11.5 Å². The molecule has 0 atom stereocenters. The lowest BCUT2D eigenvalue weighted by Gasteiger charge is -2.18. The summed E-state index contributed by atoms with van der Waals surface area (Å²) in [6.07, 6.45) is 2.34. The van der Waals surface area contributed by atoms with Gasteiger partial charge in [0.05, 0.1) is 30.9 Å². The second kappa shape index (κ2) is 4.68. The van der Waals surface area contributed by atoms with E-state index in [4.69, 9.17) is 9.47 Å². The number of rotatable bonds is 3. The van der Waals surface area contributed by atoms with Crippen molar-refractivity contribution in [2.24, 2.45) is 0 Å². The number of allylic oxidation sites excluding steroid dienone is 2. The zero-order valence-electron chi connectivity index (χ0n) is 10.8. The molecule has 5 nitrogen and oxygen atoms in total. The molecule has 19 heavy (non-hydrogen) atoms. The van der Waals surface area contributed by atoms with Crippen molar-refractivity contribution in [3.8, 4) is 11.5 Å². The average molecular weight is 260 g/mol. The lowest BCUT2D eigenvalue weighted by atomic mass is 9.90. The molecule has 1 aromatic carbocycles. The van der Waals surface area contributed by atoms with Gasteiger partial charge in [-0.15, -0.1) is 0 Å². The van der Waals surface area contributed by atoms with Crippen LogP contribution in [0.15, 0.2) is 18.2 Å². The average Bonchev–Trinajstić information content (AvgIpc) is 2.40. The first-order chi connectivity index (χ1) is 9.01. The highest BCUT2D eigenvalue weighted by atomic mass is 16.5. The molecule has 1 aromatic rings. The van der Waals surface area contributed by atoms with Gasteiger partial charge in [0.1, 0.15) is 11.5 Å². The summed E-state index contributed by atoms with van der Waals surface area (Å²) in [7, 11) is 2.73. The van der Waals surface area contributed by atoms with Crippen LogP contribution >= 0.6 is 0 Å². The van der Waals surface area contributed by atoms with Gasteiger partial charge in [0.25, 0.3) is 0 Å². The Bertz CT molecular complexity index is 625. The number of benzene rings is 1. The number of Topliss-reactive ketones (excluding diaryl/α,β-unsaturated/α-hetero) is 1. The van der Waals surface area contributed by atoms with Crippen LogP contribution in [0.4, 0.5) is 0 Å². The van der Waals surface area contributed by atoms with Gasteiger partial charge in [-0.25, -0.2) is 0 Å². The lowest BCUT2D eigenvalue weighted by molar-refractivity contribution is 0.0984. The molecule has 1 aliphatic carbocycles. The van der Waals surface area contributed by atoms with E-state index in [9.17, 15) is 14.4 Å². The number of hydrogen-bond donors (Lipinski definition) is 0. The van der Waals surface area contributed by atoms with Crippen molar-refractivity contribution in [2.75, 3.05) is 14.2 Å². The molecule has 1 aliphatic rings. The molecular formula is C14H12O5. The third-order valence-electron chi connectivity index (χ3n) is 2.93. The van der Waals surface area contributed by atoms with Crippen LogP contribution in [0.25, 0.3) is 0 Å². The van der Waals surface area contributed by atoms with Crippen LogP contribution in [0.1, 0.15) is 38.0 Å². The van der Waals surface area contributed by atoms with Gasteiger partial charge in [0.2, 0.25) is 0 Å². The predicted octanol–water partition coefficient (Wildman–Crippen LogP) is 1.84. The van der Waals surface area contributed by atoms with Crippen molar-refractivity contribution in [1.82, 2.24) is 0 Å². The van der Waals surface area contributed by atoms with E-state index in [2.05, 4.69) is 0 Å². The summed E-state index contributed by atoms with van der Waals surface area (Å²) in [5, 5.41) is 0. The fraction of sp³-hybridized carbons (Fsp3) is 0.214. The number of hydrogen-bond acceptors (Lipinski definition) is 5. The standard InChI is InChI=1S/C14H12O5/c1-7(15)8-6-11(18-2)12-9(16)4-5-10(17)13(12)14(8)19-3/h4-6H,1-3H3. The van der Waals surface area contributed by atoms with Crippen LogP contribution in [-0.4, -0.2) is 31.6 Å². The molecular weight excluding hydrogens is 248 g/mol. The molecule has 0 heterocycles. The van der Waals surface area contributed by atoms with Crippen LogP contribution in [0, 0.1) is 0 Å². The van der Waals surface area contributed by atoms with Gasteiger partial charge in [-0.3, -0.25) is 14.4 Å². The monoisotopic (exact) mass is 260 g/mol. The zero-order valence-corrected chi connectivity index (χ0v) is 10.8. The molecule has 2 rings (SSSR count). The Balaban J connectivity index is 2.89. The quantitative estimate of drug-likeness (QED) is 0.775. The summed E-state index contributed by atoms with van der Waals surface area (Å²) in [6, 6.07) is 1.42. The maximum absolute atomic E-state index is 12.0. The third kappa shape index (κ3) is 1.93. The van der Waals surface area contributed by atoms with Gasteiger partial charge in [-0.1, -0.05) is 0 Å². The van der Waals surface area contributed by atoms with Crippen molar-refractivity contribution in [3.05, 3.63) is 34.9 Å². The highest BCUT2D eigenvalue weighted by Gasteiger charge is 2.30. The largest absolute Gasteiger partial charge is 0.496 e. The first kappa shape index (κ1) is 13.0. The number of carbonyl (C=O) groups excluding carboxylic acids is 3. The van der Waals surface area contributed by atoms with Gasteiger partial charge in [-0.2, -0.15) is 0 Å². The van der Waals surface area contributed by atoms with Gasteiger partial charge in [-0.05, 0) is 25.1 Å². The Labute approximate surface area is 109 Å². The van der Waals surface area contributed by atoms with Crippen LogP contribution in [-0.2, 0) is 0 Å². The fourth-order valence-corrected chi connectivity index (χ4v) is 2.07. The molecule has 0 unspecified atom stereocenters. The van der Waals surface area contributed by atoms with E-state index in [-0.39, 0.29) is 45.5 Å². The fourth-order valence-electron chi connectivity index (χ4n) is 2.07. The van der Waals surface area contributed by atoms with E-state index in [1.807, 2.05) is 0 Å². The molecule has 5 heteroatoms. The minimum Gasteiger partial charge on any atom is -0.496 e. The normalized spacial score (nSPS) is 13.2. The van der Waals surface area contributed by atoms with E-state index < -0.39 is 0 Å². The van der Waals surface area contributed by atoms with E-state index >= 15 is 0 Å². The van der Waals surface area contributed by atoms with Crippen LogP contribution < -0.4 is 9.47 Å². The van der Waals surface area contributed by atoms with Crippen molar-refractivity contribution >= 4 is 17.3 Å². The van der Waals surface area contributed by atoms with Gasteiger partial charge < -0.3 is 9.47 Å².